The highest BCUT2D eigenvalue weighted by Gasteiger charge is 2.18. The van der Waals surface area contributed by atoms with Gasteiger partial charge in [-0.05, 0) is 24.5 Å². The number of hydrogen-bond acceptors (Lipinski definition) is 5. The molecular weight excluding hydrogens is 342 g/mol. The maximum Gasteiger partial charge on any atom is 0.261 e. The second-order valence-electron chi connectivity index (χ2n) is 6.55. The molecule has 0 saturated heterocycles. The standard InChI is InChI=1S/C21H23N3O3/c1-14(2)17-11-7-8-12-18(17)26-15(3)21(25)22-13-19-23-20(24-27-19)16-9-5-4-6-10-16/h4-12,14-15H,13H2,1-3H3,(H,22,25). The topological polar surface area (TPSA) is 77.2 Å². The van der Waals surface area contributed by atoms with Crippen LogP contribution in [0.5, 0.6) is 5.75 Å². The summed E-state index contributed by atoms with van der Waals surface area (Å²) in [6, 6.07) is 17.3. The lowest BCUT2D eigenvalue weighted by Gasteiger charge is -2.18. The molecule has 0 aliphatic rings. The highest BCUT2D eigenvalue weighted by atomic mass is 16.5. The number of benzene rings is 2. The van der Waals surface area contributed by atoms with E-state index < -0.39 is 6.10 Å². The van der Waals surface area contributed by atoms with Gasteiger partial charge >= 0.3 is 0 Å². The zero-order valence-electron chi connectivity index (χ0n) is 15.7. The van der Waals surface area contributed by atoms with Crippen molar-refractivity contribution in [1.82, 2.24) is 15.5 Å². The van der Waals surface area contributed by atoms with Crippen molar-refractivity contribution in [3.8, 4) is 17.1 Å². The van der Waals surface area contributed by atoms with Crippen LogP contribution in [0.15, 0.2) is 59.1 Å². The Morgan fingerprint density at radius 1 is 1.07 bits per heavy atom. The molecule has 1 aromatic heterocycles. The molecule has 1 unspecified atom stereocenters. The number of aromatic nitrogens is 2. The van der Waals surface area contributed by atoms with Crippen molar-refractivity contribution in [2.24, 2.45) is 0 Å². The molecule has 0 bridgehead atoms. The van der Waals surface area contributed by atoms with Gasteiger partial charge in [-0.2, -0.15) is 4.98 Å². The molecule has 0 radical (unpaired) electrons. The van der Waals surface area contributed by atoms with Crippen LogP contribution in [0.25, 0.3) is 11.4 Å². The number of amides is 1. The molecule has 1 N–H and O–H groups in total. The van der Waals surface area contributed by atoms with Crippen LogP contribution in [-0.4, -0.2) is 22.2 Å². The van der Waals surface area contributed by atoms with E-state index in [9.17, 15) is 4.79 Å². The van der Waals surface area contributed by atoms with Gasteiger partial charge in [0.1, 0.15) is 5.75 Å². The average molecular weight is 365 g/mol. The number of ether oxygens (including phenoxy) is 1. The van der Waals surface area contributed by atoms with E-state index in [4.69, 9.17) is 9.26 Å². The van der Waals surface area contributed by atoms with Gasteiger partial charge in [0, 0.05) is 5.56 Å². The first-order chi connectivity index (χ1) is 13.0. The lowest BCUT2D eigenvalue weighted by molar-refractivity contribution is -0.127. The lowest BCUT2D eigenvalue weighted by Crippen LogP contribution is -2.36. The molecule has 140 valence electrons. The third-order valence-corrected chi connectivity index (χ3v) is 4.13. The van der Waals surface area contributed by atoms with Gasteiger partial charge in [-0.25, -0.2) is 0 Å². The largest absolute Gasteiger partial charge is 0.481 e. The molecule has 0 fully saturated rings. The van der Waals surface area contributed by atoms with Gasteiger partial charge in [0.25, 0.3) is 5.91 Å². The molecule has 2 aromatic carbocycles. The number of rotatable bonds is 7. The van der Waals surface area contributed by atoms with Crippen molar-refractivity contribution in [3.63, 3.8) is 0 Å². The Bertz CT molecular complexity index is 890. The maximum absolute atomic E-state index is 12.4. The van der Waals surface area contributed by atoms with Crippen molar-refractivity contribution in [3.05, 3.63) is 66.1 Å². The minimum atomic E-state index is -0.638. The van der Waals surface area contributed by atoms with Crippen LogP contribution in [0.2, 0.25) is 0 Å². The molecule has 0 aliphatic carbocycles. The average Bonchev–Trinajstić information content (AvgIpc) is 3.16. The summed E-state index contributed by atoms with van der Waals surface area (Å²) in [6.07, 6.45) is -0.638. The molecular formula is C21H23N3O3. The number of nitrogens with one attached hydrogen (secondary N) is 1. The summed E-state index contributed by atoms with van der Waals surface area (Å²) in [7, 11) is 0. The SMILES string of the molecule is CC(Oc1ccccc1C(C)C)C(=O)NCc1nc(-c2ccccc2)no1. The number of carbonyl (C=O) groups is 1. The molecule has 6 heteroatoms. The summed E-state index contributed by atoms with van der Waals surface area (Å²) in [6.45, 7) is 6.05. The fourth-order valence-electron chi connectivity index (χ4n) is 2.65. The summed E-state index contributed by atoms with van der Waals surface area (Å²) < 4.78 is 11.1. The molecule has 1 heterocycles. The van der Waals surface area contributed by atoms with Crippen molar-refractivity contribution in [1.29, 1.82) is 0 Å². The zero-order chi connectivity index (χ0) is 19.2. The Kier molecular flexibility index (Phi) is 5.86. The molecule has 1 amide bonds. The normalized spacial score (nSPS) is 12.0. The summed E-state index contributed by atoms with van der Waals surface area (Å²) in [5.41, 5.74) is 1.93. The third kappa shape index (κ3) is 4.73. The van der Waals surface area contributed by atoms with Crippen molar-refractivity contribution < 1.29 is 14.1 Å². The fourth-order valence-corrected chi connectivity index (χ4v) is 2.65. The van der Waals surface area contributed by atoms with Crippen LogP contribution >= 0.6 is 0 Å². The second-order valence-corrected chi connectivity index (χ2v) is 6.55. The van der Waals surface area contributed by atoms with Crippen LogP contribution < -0.4 is 10.1 Å². The number of para-hydroxylation sites is 1. The summed E-state index contributed by atoms with van der Waals surface area (Å²) in [5.74, 6) is 1.63. The highest BCUT2D eigenvalue weighted by Crippen LogP contribution is 2.26. The maximum atomic E-state index is 12.4. The molecule has 1 atom stereocenters. The van der Waals surface area contributed by atoms with Crippen molar-refractivity contribution in [2.45, 2.75) is 39.3 Å². The lowest BCUT2D eigenvalue weighted by atomic mass is 10.0. The van der Waals surface area contributed by atoms with Crippen LogP contribution in [-0.2, 0) is 11.3 Å². The Labute approximate surface area is 158 Å². The summed E-state index contributed by atoms with van der Waals surface area (Å²) in [4.78, 5) is 16.7. The Balaban J connectivity index is 1.57. The predicted molar refractivity (Wildman–Crippen MR) is 102 cm³/mol. The number of hydrogen-bond donors (Lipinski definition) is 1. The van der Waals surface area contributed by atoms with Crippen LogP contribution in [0.1, 0.15) is 38.1 Å². The minimum absolute atomic E-state index is 0.151. The number of nitrogens with zero attached hydrogens (tertiary/aromatic N) is 2. The third-order valence-electron chi connectivity index (χ3n) is 4.13. The van der Waals surface area contributed by atoms with E-state index in [1.165, 1.54) is 0 Å². The van der Waals surface area contributed by atoms with Crippen molar-refractivity contribution >= 4 is 5.91 Å². The van der Waals surface area contributed by atoms with Gasteiger partial charge in [0.15, 0.2) is 6.10 Å². The molecule has 3 aromatic rings. The summed E-state index contributed by atoms with van der Waals surface area (Å²) in [5, 5.41) is 6.71. The molecule has 0 saturated carbocycles. The van der Waals surface area contributed by atoms with Crippen LogP contribution in [0.3, 0.4) is 0 Å². The summed E-state index contributed by atoms with van der Waals surface area (Å²) >= 11 is 0. The van der Waals surface area contributed by atoms with Crippen LogP contribution in [0.4, 0.5) is 0 Å². The quantitative estimate of drug-likeness (QED) is 0.686. The first kappa shape index (κ1) is 18.6. The van der Waals surface area contributed by atoms with E-state index in [2.05, 4.69) is 29.3 Å². The Morgan fingerprint density at radius 2 is 1.78 bits per heavy atom. The van der Waals surface area contributed by atoms with E-state index in [0.717, 1.165) is 16.9 Å². The van der Waals surface area contributed by atoms with Gasteiger partial charge in [0.05, 0.1) is 6.54 Å². The van der Waals surface area contributed by atoms with Crippen molar-refractivity contribution in [2.75, 3.05) is 0 Å². The first-order valence-electron chi connectivity index (χ1n) is 8.96. The second kappa shape index (κ2) is 8.49. The predicted octanol–water partition coefficient (Wildman–Crippen LogP) is 3.94. The Morgan fingerprint density at radius 3 is 2.52 bits per heavy atom. The van der Waals surface area contributed by atoms with Gasteiger partial charge < -0.3 is 14.6 Å². The molecule has 0 aliphatic heterocycles. The molecule has 0 spiro atoms. The highest BCUT2D eigenvalue weighted by molar-refractivity contribution is 5.80. The van der Waals surface area contributed by atoms with E-state index in [-0.39, 0.29) is 12.5 Å². The molecule has 27 heavy (non-hydrogen) atoms. The number of carbonyl (C=O) groups excluding carboxylic acids is 1. The van der Waals surface area contributed by atoms with E-state index in [1.54, 1.807) is 6.92 Å². The smallest absolute Gasteiger partial charge is 0.261 e. The monoisotopic (exact) mass is 365 g/mol. The van der Waals surface area contributed by atoms with Gasteiger partial charge in [-0.3, -0.25) is 4.79 Å². The molecule has 6 nitrogen and oxygen atoms in total. The molecule has 3 rings (SSSR count). The van der Waals surface area contributed by atoms with E-state index in [0.29, 0.717) is 17.6 Å². The van der Waals surface area contributed by atoms with Gasteiger partial charge in [0.2, 0.25) is 11.7 Å². The Hall–Kier alpha value is -3.15. The van der Waals surface area contributed by atoms with E-state index >= 15 is 0 Å². The first-order valence-corrected chi connectivity index (χ1v) is 8.96. The van der Waals surface area contributed by atoms with Gasteiger partial charge in [-0.15, -0.1) is 0 Å². The van der Waals surface area contributed by atoms with E-state index in [1.807, 2.05) is 54.6 Å². The van der Waals surface area contributed by atoms with Crippen LogP contribution in [0, 0.1) is 0 Å². The fraction of sp³-hybridized carbons (Fsp3) is 0.286. The zero-order valence-corrected chi connectivity index (χ0v) is 15.7. The minimum Gasteiger partial charge on any atom is -0.481 e. The van der Waals surface area contributed by atoms with Gasteiger partial charge in [-0.1, -0.05) is 67.5 Å².